The summed E-state index contributed by atoms with van der Waals surface area (Å²) in [7, 11) is -3.98. The highest BCUT2D eigenvalue weighted by atomic mass is 32.2. The Labute approximate surface area is 187 Å². The van der Waals surface area contributed by atoms with Gasteiger partial charge in [0.05, 0.1) is 18.0 Å². The first-order chi connectivity index (χ1) is 15.4. The number of alkyl carbamates (subject to hydrolysis) is 1. The Bertz CT molecular complexity index is 1180. The SMILES string of the molecule is CCOC(=O)NC1(C(F)(F)F)N=C(c2ccccc2)N(Cc2ccc(S(N)(=O)=O)cc2)C1=O. The first kappa shape index (κ1) is 24.2. The number of ether oxygens (including phenoxy) is 1. The smallest absolute Gasteiger partial charge is 0.442 e. The molecule has 1 atom stereocenters. The van der Waals surface area contributed by atoms with Crippen molar-refractivity contribution < 1.29 is 35.9 Å². The van der Waals surface area contributed by atoms with Crippen molar-refractivity contribution in [3.8, 4) is 0 Å². The van der Waals surface area contributed by atoms with E-state index in [9.17, 15) is 31.2 Å². The lowest BCUT2D eigenvalue weighted by Gasteiger charge is -2.28. The van der Waals surface area contributed by atoms with E-state index in [0.29, 0.717) is 5.56 Å². The molecule has 0 fully saturated rings. The Kier molecular flexibility index (Phi) is 6.47. The van der Waals surface area contributed by atoms with Gasteiger partial charge in [0, 0.05) is 5.56 Å². The maximum atomic E-state index is 14.1. The monoisotopic (exact) mass is 484 g/mol. The first-order valence-corrected chi connectivity index (χ1v) is 11.0. The number of nitrogens with zero attached hydrogens (tertiary/aromatic N) is 2. The van der Waals surface area contributed by atoms with Crippen molar-refractivity contribution in [1.82, 2.24) is 10.2 Å². The molecule has 1 unspecified atom stereocenters. The Morgan fingerprint density at radius 3 is 2.27 bits per heavy atom. The summed E-state index contributed by atoms with van der Waals surface area (Å²) in [4.78, 5) is 29.2. The third kappa shape index (κ3) is 4.83. The molecule has 2 aromatic carbocycles. The molecule has 1 aliphatic rings. The number of hydrogen-bond donors (Lipinski definition) is 2. The molecule has 0 saturated carbocycles. The van der Waals surface area contributed by atoms with Gasteiger partial charge in [-0.2, -0.15) is 13.2 Å². The molecule has 176 valence electrons. The minimum Gasteiger partial charge on any atom is -0.450 e. The molecule has 0 aromatic heterocycles. The summed E-state index contributed by atoms with van der Waals surface area (Å²) >= 11 is 0. The number of primary sulfonamides is 1. The predicted molar refractivity (Wildman–Crippen MR) is 110 cm³/mol. The maximum absolute atomic E-state index is 14.1. The van der Waals surface area contributed by atoms with Crippen LogP contribution < -0.4 is 10.5 Å². The Hall–Kier alpha value is -3.45. The minimum absolute atomic E-state index is 0.198. The average molecular weight is 484 g/mol. The van der Waals surface area contributed by atoms with E-state index in [1.165, 1.54) is 43.3 Å². The van der Waals surface area contributed by atoms with Crippen molar-refractivity contribution in [2.24, 2.45) is 10.1 Å². The lowest BCUT2D eigenvalue weighted by atomic mass is 10.1. The van der Waals surface area contributed by atoms with E-state index in [1.54, 1.807) is 23.5 Å². The summed E-state index contributed by atoms with van der Waals surface area (Å²) in [5, 5.41) is 6.62. The van der Waals surface area contributed by atoms with Gasteiger partial charge >= 0.3 is 17.9 Å². The molecule has 0 radical (unpaired) electrons. The van der Waals surface area contributed by atoms with Crippen LogP contribution in [0.3, 0.4) is 0 Å². The number of hydrogen-bond acceptors (Lipinski definition) is 6. The van der Waals surface area contributed by atoms with Crippen LogP contribution in [-0.2, 0) is 26.1 Å². The molecule has 0 aliphatic carbocycles. The van der Waals surface area contributed by atoms with Crippen LogP contribution in [0.4, 0.5) is 18.0 Å². The van der Waals surface area contributed by atoms with Crippen LogP contribution in [0.1, 0.15) is 18.1 Å². The molecule has 3 N–H and O–H groups in total. The Morgan fingerprint density at radius 2 is 1.76 bits per heavy atom. The van der Waals surface area contributed by atoms with Gasteiger partial charge in [-0.15, -0.1) is 0 Å². The maximum Gasteiger partial charge on any atom is 0.442 e. The fourth-order valence-corrected chi connectivity index (χ4v) is 3.65. The quantitative estimate of drug-likeness (QED) is 0.649. The minimum atomic E-state index is -5.29. The number of carbonyl (C=O) groups is 2. The van der Waals surface area contributed by atoms with E-state index in [1.807, 2.05) is 0 Å². The normalized spacial score (nSPS) is 18.8. The van der Waals surface area contributed by atoms with Gasteiger partial charge in [0.25, 0.3) is 5.91 Å². The van der Waals surface area contributed by atoms with Gasteiger partial charge < -0.3 is 4.74 Å². The van der Waals surface area contributed by atoms with E-state index >= 15 is 0 Å². The van der Waals surface area contributed by atoms with Crippen LogP contribution in [0, 0.1) is 0 Å². The van der Waals surface area contributed by atoms with Crippen LogP contribution in [-0.4, -0.2) is 49.6 Å². The number of nitrogens with one attached hydrogen (secondary N) is 1. The van der Waals surface area contributed by atoms with Gasteiger partial charge in [-0.25, -0.2) is 23.3 Å². The molecular formula is C20H19F3N4O5S. The number of sulfonamides is 1. The highest BCUT2D eigenvalue weighted by Crippen LogP contribution is 2.39. The summed E-state index contributed by atoms with van der Waals surface area (Å²) in [6.45, 7) is 0.787. The molecule has 2 aromatic rings. The van der Waals surface area contributed by atoms with Gasteiger partial charge in [-0.1, -0.05) is 42.5 Å². The van der Waals surface area contributed by atoms with E-state index < -0.39 is 33.9 Å². The zero-order chi connectivity index (χ0) is 24.4. The van der Waals surface area contributed by atoms with Gasteiger partial charge in [-0.3, -0.25) is 15.0 Å². The number of alkyl halides is 3. The second-order valence-electron chi connectivity index (χ2n) is 6.94. The fourth-order valence-electron chi connectivity index (χ4n) is 3.13. The number of halogens is 3. The largest absolute Gasteiger partial charge is 0.450 e. The molecule has 1 aliphatic heterocycles. The van der Waals surface area contributed by atoms with Crippen molar-refractivity contribution in [3.63, 3.8) is 0 Å². The average Bonchev–Trinajstić information content (AvgIpc) is 3.01. The summed E-state index contributed by atoms with van der Waals surface area (Å²) in [6, 6.07) is 12.6. The summed E-state index contributed by atoms with van der Waals surface area (Å²) in [5.41, 5.74) is -3.09. The molecular weight excluding hydrogens is 465 g/mol. The standard InChI is InChI=1S/C20H19F3N4O5S/c1-2-32-18(29)26-19(20(21,22)23)17(28)27(16(25-19)14-6-4-3-5-7-14)12-13-8-10-15(11-9-13)33(24,30)31/h3-11H,2,12H2,1H3,(H,26,29)(H2,24,30,31). The van der Waals surface area contributed by atoms with E-state index in [0.717, 1.165) is 4.90 Å². The van der Waals surface area contributed by atoms with Gasteiger partial charge in [0.1, 0.15) is 5.84 Å². The van der Waals surface area contributed by atoms with Crippen molar-refractivity contribution >= 4 is 27.9 Å². The summed E-state index contributed by atoms with van der Waals surface area (Å²) in [5.74, 6) is -1.87. The van der Waals surface area contributed by atoms with Crippen molar-refractivity contribution in [1.29, 1.82) is 0 Å². The number of amides is 2. The summed E-state index contributed by atoms with van der Waals surface area (Å²) < 4.78 is 69.9. The highest BCUT2D eigenvalue weighted by Gasteiger charge is 2.67. The summed E-state index contributed by atoms with van der Waals surface area (Å²) in [6.07, 6.45) is -6.75. The predicted octanol–water partition coefficient (Wildman–Crippen LogP) is 2.13. The Morgan fingerprint density at radius 1 is 1.15 bits per heavy atom. The molecule has 13 heteroatoms. The number of carbonyl (C=O) groups excluding carboxylic acids is 2. The number of rotatable bonds is 6. The zero-order valence-corrected chi connectivity index (χ0v) is 18.0. The fraction of sp³-hybridized carbons (Fsp3) is 0.250. The molecule has 0 bridgehead atoms. The van der Waals surface area contributed by atoms with Crippen LogP contribution >= 0.6 is 0 Å². The van der Waals surface area contributed by atoms with Crippen molar-refractivity contribution in [3.05, 3.63) is 65.7 Å². The molecule has 33 heavy (non-hydrogen) atoms. The second kappa shape index (κ2) is 8.83. The first-order valence-electron chi connectivity index (χ1n) is 9.49. The van der Waals surface area contributed by atoms with Crippen LogP contribution in [0.2, 0.25) is 0 Å². The highest BCUT2D eigenvalue weighted by molar-refractivity contribution is 7.89. The molecule has 9 nitrogen and oxygen atoms in total. The van der Waals surface area contributed by atoms with Gasteiger partial charge in [0.15, 0.2) is 0 Å². The van der Waals surface area contributed by atoms with Crippen LogP contribution in [0.15, 0.2) is 64.5 Å². The molecule has 0 spiro atoms. The van der Waals surface area contributed by atoms with Crippen molar-refractivity contribution in [2.45, 2.75) is 30.2 Å². The molecule has 0 saturated heterocycles. The Balaban J connectivity index is 2.07. The number of nitrogens with two attached hydrogens (primary N) is 1. The third-order valence-electron chi connectivity index (χ3n) is 4.68. The number of benzene rings is 2. The zero-order valence-electron chi connectivity index (χ0n) is 17.2. The van der Waals surface area contributed by atoms with E-state index in [4.69, 9.17) is 5.14 Å². The lowest BCUT2D eigenvalue weighted by molar-refractivity contribution is -0.197. The molecule has 3 rings (SSSR count). The second-order valence-corrected chi connectivity index (χ2v) is 8.50. The molecule has 2 amide bonds. The van der Waals surface area contributed by atoms with Crippen molar-refractivity contribution in [2.75, 3.05) is 6.61 Å². The van der Waals surface area contributed by atoms with Crippen LogP contribution in [0.5, 0.6) is 0 Å². The lowest BCUT2D eigenvalue weighted by Crippen LogP contribution is -2.63. The number of amidine groups is 1. The number of aliphatic imine (C=N–C) groups is 1. The van der Waals surface area contributed by atoms with E-state index in [2.05, 4.69) is 9.73 Å². The topological polar surface area (TPSA) is 131 Å². The van der Waals surface area contributed by atoms with Crippen LogP contribution in [0.25, 0.3) is 0 Å². The van der Waals surface area contributed by atoms with Gasteiger partial charge in [-0.05, 0) is 24.6 Å². The third-order valence-corrected chi connectivity index (χ3v) is 5.61. The van der Waals surface area contributed by atoms with Gasteiger partial charge in [0.2, 0.25) is 10.0 Å². The molecule has 1 heterocycles. The van der Waals surface area contributed by atoms with E-state index in [-0.39, 0.29) is 29.4 Å².